The molecule has 0 fully saturated rings. The molecule has 0 heterocycles. The molecule has 0 aliphatic rings. The van der Waals surface area contributed by atoms with E-state index in [0.717, 1.165) is 6.26 Å². The van der Waals surface area contributed by atoms with Crippen LogP contribution in [0.4, 0.5) is 11.4 Å². The molecule has 2 aromatic carbocycles. The van der Waals surface area contributed by atoms with E-state index in [1.807, 2.05) is 20.8 Å². The Morgan fingerprint density at radius 2 is 1.60 bits per heavy atom. The van der Waals surface area contributed by atoms with Crippen molar-refractivity contribution in [3.05, 3.63) is 54.1 Å². The van der Waals surface area contributed by atoms with Crippen LogP contribution in [0.1, 0.15) is 32.4 Å². The molecule has 0 aliphatic carbocycles. The molecule has 3 N–H and O–H groups in total. The number of nitrogens with zero attached hydrogens (tertiary/aromatic N) is 1. The number of rotatable bonds is 5. The van der Waals surface area contributed by atoms with Gasteiger partial charge in [0, 0.05) is 23.2 Å². The summed E-state index contributed by atoms with van der Waals surface area (Å²) in [6.07, 6.45) is 6.47. The average Bonchev–Trinajstić information content (AvgIpc) is 2.64. The van der Waals surface area contributed by atoms with E-state index in [1.54, 1.807) is 24.3 Å². The number of nitrogen functional groups attached to an aromatic ring is 1. The van der Waals surface area contributed by atoms with Crippen molar-refractivity contribution in [2.24, 2.45) is 0 Å². The van der Waals surface area contributed by atoms with E-state index >= 15 is 0 Å². The molecular formula is C22H25N3O4S. The monoisotopic (exact) mass is 427 g/mol. The topological polar surface area (TPSA) is 110 Å². The normalized spacial score (nSPS) is 12.5. The number of sulfone groups is 1. The lowest BCUT2D eigenvalue weighted by Crippen LogP contribution is -2.49. The molecule has 8 heteroatoms. The average molecular weight is 428 g/mol. The van der Waals surface area contributed by atoms with E-state index in [4.69, 9.17) is 12.2 Å². The number of nitrogens with one attached hydrogen (secondary N) is 1. The molecule has 1 atom stereocenters. The fraction of sp³-hybridized carbons (Fsp3) is 0.273. The maximum atomic E-state index is 13.2. The molecule has 0 saturated carbocycles. The van der Waals surface area contributed by atoms with Gasteiger partial charge < -0.3 is 11.1 Å². The quantitative estimate of drug-likeness (QED) is 0.562. The second kappa shape index (κ2) is 8.59. The molecule has 2 aromatic rings. The third-order valence-corrected chi connectivity index (χ3v) is 5.27. The largest absolute Gasteiger partial charge is 0.399 e. The van der Waals surface area contributed by atoms with Crippen LogP contribution in [0.2, 0.25) is 0 Å². The number of nitrogens with two attached hydrogens (primary N) is 1. The molecular weight excluding hydrogens is 402 g/mol. The highest BCUT2D eigenvalue weighted by Gasteiger charge is 2.34. The van der Waals surface area contributed by atoms with Crippen molar-refractivity contribution >= 4 is 33.0 Å². The van der Waals surface area contributed by atoms with Gasteiger partial charge in [-0.1, -0.05) is 12.1 Å². The highest BCUT2D eigenvalue weighted by Crippen LogP contribution is 2.30. The summed E-state index contributed by atoms with van der Waals surface area (Å²) in [5.41, 5.74) is 6.49. The van der Waals surface area contributed by atoms with Crippen LogP contribution < -0.4 is 16.0 Å². The van der Waals surface area contributed by atoms with Gasteiger partial charge in [0.2, 0.25) is 5.91 Å². The van der Waals surface area contributed by atoms with Gasteiger partial charge >= 0.3 is 5.91 Å². The van der Waals surface area contributed by atoms with Gasteiger partial charge in [-0.15, -0.1) is 6.42 Å². The molecule has 0 bridgehead atoms. The summed E-state index contributed by atoms with van der Waals surface area (Å²) in [6.45, 7) is 5.46. The van der Waals surface area contributed by atoms with Gasteiger partial charge in [0.25, 0.3) is 0 Å². The molecule has 0 spiro atoms. The zero-order valence-corrected chi connectivity index (χ0v) is 18.2. The lowest BCUT2D eigenvalue weighted by molar-refractivity contribution is -0.126. The molecule has 1 unspecified atom stereocenters. The Balaban J connectivity index is 2.64. The van der Waals surface area contributed by atoms with E-state index in [9.17, 15) is 18.0 Å². The molecule has 2 rings (SSSR count). The van der Waals surface area contributed by atoms with Gasteiger partial charge in [0.1, 0.15) is 6.04 Å². The lowest BCUT2D eigenvalue weighted by Gasteiger charge is -2.32. The minimum Gasteiger partial charge on any atom is -0.399 e. The molecule has 158 valence electrons. The zero-order valence-electron chi connectivity index (χ0n) is 17.3. The minimum absolute atomic E-state index is 0.0857. The van der Waals surface area contributed by atoms with Crippen molar-refractivity contribution < 1.29 is 18.0 Å². The van der Waals surface area contributed by atoms with Crippen LogP contribution in [0.15, 0.2) is 53.4 Å². The fourth-order valence-electron chi connectivity index (χ4n) is 2.84. The van der Waals surface area contributed by atoms with Crippen molar-refractivity contribution in [2.75, 3.05) is 16.9 Å². The number of hydrogen-bond acceptors (Lipinski definition) is 5. The number of hydrogen-bond donors (Lipinski definition) is 2. The summed E-state index contributed by atoms with van der Waals surface area (Å²) in [6, 6.07) is 11.1. The maximum Gasteiger partial charge on any atom is 0.303 e. The first kappa shape index (κ1) is 23.0. The third kappa shape index (κ3) is 5.61. The van der Waals surface area contributed by atoms with Crippen LogP contribution in [0.25, 0.3) is 0 Å². The van der Waals surface area contributed by atoms with Crippen molar-refractivity contribution in [1.82, 2.24) is 5.32 Å². The smallest absolute Gasteiger partial charge is 0.303 e. The molecule has 0 aromatic heterocycles. The Hall–Kier alpha value is -3.31. The highest BCUT2D eigenvalue weighted by molar-refractivity contribution is 7.90. The minimum atomic E-state index is -3.43. The first-order chi connectivity index (χ1) is 13.8. The van der Waals surface area contributed by atoms with Crippen LogP contribution in [0.5, 0.6) is 0 Å². The van der Waals surface area contributed by atoms with E-state index in [-0.39, 0.29) is 10.6 Å². The number of terminal acetylenes is 1. The Morgan fingerprint density at radius 1 is 1.07 bits per heavy atom. The molecule has 0 aliphatic heterocycles. The summed E-state index contributed by atoms with van der Waals surface area (Å²) < 4.78 is 23.5. The molecule has 30 heavy (non-hydrogen) atoms. The summed E-state index contributed by atoms with van der Waals surface area (Å²) in [7, 11) is -3.43. The van der Waals surface area contributed by atoms with Crippen LogP contribution in [-0.4, -0.2) is 32.0 Å². The van der Waals surface area contributed by atoms with Crippen molar-refractivity contribution in [3.63, 3.8) is 0 Å². The van der Waals surface area contributed by atoms with Crippen molar-refractivity contribution in [2.45, 2.75) is 37.2 Å². The second-order valence-electron chi connectivity index (χ2n) is 7.89. The number of amides is 2. The summed E-state index contributed by atoms with van der Waals surface area (Å²) in [5, 5.41) is 2.87. The number of anilines is 2. The number of carbonyl (C=O) groups is 2. The van der Waals surface area contributed by atoms with E-state index in [0.29, 0.717) is 11.3 Å². The van der Waals surface area contributed by atoms with Gasteiger partial charge in [0.05, 0.1) is 4.90 Å². The number of carbonyl (C=O) groups excluding carboxylic acids is 2. The van der Waals surface area contributed by atoms with Crippen LogP contribution in [0, 0.1) is 12.3 Å². The Bertz CT molecular complexity index is 1080. The van der Waals surface area contributed by atoms with Gasteiger partial charge in [-0.3, -0.25) is 14.5 Å². The fourth-order valence-corrected chi connectivity index (χ4v) is 3.47. The molecule has 0 radical (unpaired) electrons. The standard InChI is InChI=1S/C22H25N3O4S/c1-6-19(26)25(17-11-13-18(14-12-17)30(5,28)29)20(21(27)24-22(2,3)4)15-7-9-16(23)10-8-15/h1,7-14,20H,23H2,2-5H3,(H,24,27). The summed E-state index contributed by atoms with van der Waals surface area (Å²) >= 11 is 0. The van der Waals surface area contributed by atoms with Crippen LogP contribution in [0.3, 0.4) is 0 Å². The maximum absolute atomic E-state index is 13.2. The second-order valence-corrected chi connectivity index (χ2v) is 9.91. The van der Waals surface area contributed by atoms with Crippen molar-refractivity contribution in [1.29, 1.82) is 0 Å². The molecule has 2 amide bonds. The Kier molecular flexibility index (Phi) is 6.58. The van der Waals surface area contributed by atoms with Gasteiger partial charge in [-0.05, 0) is 68.7 Å². The Labute approximate surface area is 177 Å². The predicted octanol–water partition coefficient (Wildman–Crippen LogP) is 2.29. The van der Waals surface area contributed by atoms with E-state index in [2.05, 4.69) is 11.2 Å². The van der Waals surface area contributed by atoms with Gasteiger partial charge in [-0.25, -0.2) is 8.42 Å². The highest BCUT2D eigenvalue weighted by atomic mass is 32.2. The third-order valence-electron chi connectivity index (χ3n) is 4.14. The number of benzene rings is 2. The SMILES string of the molecule is C#CC(=O)N(c1ccc(S(C)(=O)=O)cc1)C(C(=O)NC(C)(C)C)c1ccc(N)cc1. The van der Waals surface area contributed by atoms with E-state index < -0.39 is 33.2 Å². The predicted molar refractivity (Wildman–Crippen MR) is 117 cm³/mol. The Morgan fingerprint density at radius 3 is 2.03 bits per heavy atom. The first-order valence-electron chi connectivity index (χ1n) is 9.11. The van der Waals surface area contributed by atoms with Gasteiger partial charge in [-0.2, -0.15) is 0 Å². The molecule has 7 nitrogen and oxygen atoms in total. The lowest BCUT2D eigenvalue weighted by atomic mass is 10.0. The van der Waals surface area contributed by atoms with Gasteiger partial charge in [0.15, 0.2) is 9.84 Å². The zero-order chi connectivity index (χ0) is 22.7. The molecule has 0 saturated heterocycles. The van der Waals surface area contributed by atoms with Crippen LogP contribution in [-0.2, 0) is 19.4 Å². The first-order valence-corrected chi connectivity index (χ1v) is 11.0. The van der Waals surface area contributed by atoms with Crippen LogP contribution >= 0.6 is 0 Å². The summed E-state index contributed by atoms with van der Waals surface area (Å²) in [5.74, 6) is 0.868. The van der Waals surface area contributed by atoms with Crippen molar-refractivity contribution in [3.8, 4) is 12.3 Å². The van der Waals surface area contributed by atoms with E-state index in [1.165, 1.54) is 29.2 Å². The summed E-state index contributed by atoms with van der Waals surface area (Å²) in [4.78, 5) is 27.2.